The summed E-state index contributed by atoms with van der Waals surface area (Å²) in [5, 5.41) is 9.97. The number of imidazole rings is 1. The standard InChI is InChI=1S/C16H26N4O4S/c1-5-24-10-20-12-13(17-15(20)25-4)18(3)16(23)19(14(12)22)9-7-6-8-11(2)21/h11,21H,5-10H2,1-4H3/t11-/m1/s1. The normalized spacial score (nSPS) is 12.8. The van der Waals surface area contributed by atoms with Crippen LogP contribution in [-0.2, 0) is 25.1 Å². The molecule has 8 nitrogen and oxygen atoms in total. The van der Waals surface area contributed by atoms with Crippen LogP contribution >= 0.6 is 11.8 Å². The molecule has 0 unspecified atom stereocenters. The van der Waals surface area contributed by atoms with Crippen LogP contribution in [0.1, 0.15) is 33.1 Å². The molecule has 2 rings (SSSR count). The number of unbranched alkanes of at least 4 members (excludes halogenated alkanes) is 1. The highest BCUT2D eigenvalue weighted by Crippen LogP contribution is 2.19. The van der Waals surface area contributed by atoms with Gasteiger partial charge in [0.2, 0.25) is 0 Å². The van der Waals surface area contributed by atoms with Crippen molar-refractivity contribution in [2.45, 2.75) is 57.6 Å². The predicted octanol–water partition coefficient (Wildman–Crippen LogP) is 1.16. The van der Waals surface area contributed by atoms with Gasteiger partial charge >= 0.3 is 5.69 Å². The third-order valence-corrected chi connectivity index (χ3v) is 4.73. The van der Waals surface area contributed by atoms with E-state index in [1.165, 1.54) is 20.9 Å². The molecule has 140 valence electrons. The second kappa shape index (κ2) is 8.68. The van der Waals surface area contributed by atoms with Gasteiger partial charge in [0.15, 0.2) is 16.3 Å². The monoisotopic (exact) mass is 370 g/mol. The summed E-state index contributed by atoms with van der Waals surface area (Å²) < 4.78 is 9.84. The summed E-state index contributed by atoms with van der Waals surface area (Å²) in [6.45, 7) is 4.68. The SMILES string of the molecule is CCOCn1c(SC)nc2c1c(=O)n(CCCC[C@@H](C)O)c(=O)n2C. The van der Waals surface area contributed by atoms with Crippen LogP contribution in [0, 0.1) is 0 Å². The van der Waals surface area contributed by atoms with Crippen LogP contribution in [0.4, 0.5) is 0 Å². The molecule has 2 heterocycles. The highest BCUT2D eigenvalue weighted by molar-refractivity contribution is 7.98. The lowest BCUT2D eigenvalue weighted by molar-refractivity contribution is 0.0847. The van der Waals surface area contributed by atoms with Crippen molar-refractivity contribution >= 4 is 22.9 Å². The third-order valence-electron chi connectivity index (χ3n) is 4.06. The molecule has 0 amide bonds. The van der Waals surface area contributed by atoms with E-state index in [1.54, 1.807) is 18.5 Å². The maximum atomic E-state index is 12.9. The molecule has 0 spiro atoms. The Hall–Kier alpha value is -1.58. The first kappa shape index (κ1) is 19.7. The number of aromatic nitrogens is 4. The number of fused-ring (bicyclic) bond motifs is 1. The summed E-state index contributed by atoms with van der Waals surface area (Å²) >= 11 is 1.41. The number of aryl methyl sites for hydroxylation is 1. The molecule has 0 fully saturated rings. The largest absolute Gasteiger partial charge is 0.393 e. The van der Waals surface area contributed by atoms with E-state index < -0.39 is 0 Å². The van der Waals surface area contributed by atoms with Gasteiger partial charge in [0, 0.05) is 20.2 Å². The first-order chi connectivity index (χ1) is 11.9. The lowest BCUT2D eigenvalue weighted by atomic mass is 10.2. The van der Waals surface area contributed by atoms with Crippen molar-refractivity contribution in [1.82, 2.24) is 18.7 Å². The fourth-order valence-electron chi connectivity index (χ4n) is 2.72. The van der Waals surface area contributed by atoms with Gasteiger partial charge < -0.3 is 9.84 Å². The molecule has 0 aliphatic heterocycles. The van der Waals surface area contributed by atoms with Crippen LogP contribution in [0.2, 0.25) is 0 Å². The highest BCUT2D eigenvalue weighted by Gasteiger charge is 2.19. The molecular weight excluding hydrogens is 344 g/mol. The highest BCUT2D eigenvalue weighted by atomic mass is 32.2. The number of ether oxygens (including phenoxy) is 1. The number of thioether (sulfide) groups is 1. The summed E-state index contributed by atoms with van der Waals surface area (Å²) in [5.41, 5.74) is 0.0422. The second-order valence-corrected chi connectivity index (χ2v) is 6.74. The Labute approximate surface area is 150 Å². The van der Waals surface area contributed by atoms with E-state index in [9.17, 15) is 14.7 Å². The minimum absolute atomic E-state index is 0.221. The first-order valence-corrected chi connectivity index (χ1v) is 9.64. The predicted molar refractivity (Wildman–Crippen MR) is 98.2 cm³/mol. The number of hydrogen-bond donors (Lipinski definition) is 1. The molecule has 0 aromatic carbocycles. The van der Waals surface area contributed by atoms with Crippen molar-refractivity contribution in [3.63, 3.8) is 0 Å². The average Bonchev–Trinajstić information content (AvgIpc) is 2.95. The van der Waals surface area contributed by atoms with Crippen LogP contribution in [0.5, 0.6) is 0 Å². The van der Waals surface area contributed by atoms with Gasteiger partial charge in [0.25, 0.3) is 5.56 Å². The Morgan fingerprint density at radius 1 is 1.28 bits per heavy atom. The van der Waals surface area contributed by atoms with Crippen molar-refractivity contribution in [3.05, 3.63) is 20.8 Å². The fraction of sp³-hybridized carbons (Fsp3) is 0.688. The maximum absolute atomic E-state index is 12.9. The smallest absolute Gasteiger partial charge is 0.332 e. The maximum Gasteiger partial charge on any atom is 0.332 e. The molecule has 25 heavy (non-hydrogen) atoms. The fourth-order valence-corrected chi connectivity index (χ4v) is 3.26. The minimum Gasteiger partial charge on any atom is -0.393 e. The minimum atomic E-state index is -0.376. The van der Waals surface area contributed by atoms with Gasteiger partial charge in [0.05, 0.1) is 6.10 Å². The van der Waals surface area contributed by atoms with Crippen LogP contribution < -0.4 is 11.2 Å². The van der Waals surface area contributed by atoms with Gasteiger partial charge in [0.1, 0.15) is 6.73 Å². The molecule has 0 radical (unpaired) electrons. The van der Waals surface area contributed by atoms with E-state index in [4.69, 9.17) is 4.74 Å². The van der Waals surface area contributed by atoms with Gasteiger partial charge in [-0.3, -0.25) is 18.5 Å². The Morgan fingerprint density at radius 3 is 2.60 bits per heavy atom. The average molecular weight is 370 g/mol. The molecular formula is C16H26N4O4S. The van der Waals surface area contributed by atoms with Gasteiger partial charge in [-0.25, -0.2) is 9.78 Å². The quantitative estimate of drug-likeness (QED) is 0.526. The van der Waals surface area contributed by atoms with Gasteiger partial charge in [-0.05, 0) is 39.4 Å². The second-order valence-electron chi connectivity index (χ2n) is 5.96. The lowest BCUT2D eigenvalue weighted by Gasteiger charge is -2.10. The summed E-state index contributed by atoms with van der Waals surface area (Å²) in [4.78, 5) is 29.9. The van der Waals surface area contributed by atoms with Crippen molar-refractivity contribution in [2.24, 2.45) is 7.05 Å². The number of nitrogens with zero attached hydrogens (tertiary/aromatic N) is 4. The zero-order valence-corrected chi connectivity index (χ0v) is 16.0. The van der Waals surface area contributed by atoms with Gasteiger partial charge in [-0.15, -0.1) is 0 Å². The van der Waals surface area contributed by atoms with Crippen molar-refractivity contribution < 1.29 is 9.84 Å². The van der Waals surface area contributed by atoms with Crippen LogP contribution in [0.25, 0.3) is 11.2 Å². The molecule has 0 saturated heterocycles. The zero-order chi connectivity index (χ0) is 18.6. The number of hydrogen-bond acceptors (Lipinski definition) is 6. The first-order valence-electron chi connectivity index (χ1n) is 8.42. The summed E-state index contributed by atoms with van der Waals surface area (Å²) in [6, 6.07) is 0. The van der Waals surface area contributed by atoms with E-state index in [0.29, 0.717) is 42.3 Å². The summed E-state index contributed by atoms with van der Waals surface area (Å²) in [6.07, 6.45) is 3.55. The number of aliphatic hydroxyl groups is 1. The van der Waals surface area contributed by atoms with E-state index >= 15 is 0 Å². The number of rotatable bonds is 9. The molecule has 2 aromatic heterocycles. The molecule has 0 saturated carbocycles. The summed E-state index contributed by atoms with van der Waals surface area (Å²) in [5.74, 6) is 0. The molecule has 1 N–H and O–H groups in total. The van der Waals surface area contributed by atoms with E-state index in [1.807, 2.05) is 13.2 Å². The molecule has 9 heteroatoms. The Kier molecular flexibility index (Phi) is 6.86. The van der Waals surface area contributed by atoms with E-state index in [0.717, 1.165) is 6.42 Å². The van der Waals surface area contributed by atoms with Gasteiger partial charge in [-0.2, -0.15) is 0 Å². The van der Waals surface area contributed by atoms with Crippen LogP contribution in [-0.4, -0.2) is 42.8 Å². The lowest BCUT2D eigenvalue weighted by Crippen LogP contribution is -2.39. The van der Waals surface area contributed by atoms with Crippen LogP contribution in [0.3, 0.4) is 0 Å². The van der Waals surface area contributed by atoms with Crippen molar-refractivity contribution in [1.29, 1.82) is 0 Å². The van der Waals surface area contributed by atoms with E-state index in [-0.39, 0.29) is 24.1 Å². The zero-order valence-electron chi connectivity index (χ0n) is 15.2. The topological polar surface area (TPSA) is 91.3 Å². The Morgan fingerprint density at radius 2 is 2.00 bits per heavy atom. The van der Waals surface area contributed by atoms with Crippen molar-refractivity contribution in [2.75, 3.05) is 12.9 Å². The van der Waals surface area contributed by atoms with Crippen molar-refractivity contribution in [3.8, 4) is 0 Å². The Balaban J connectivity index is 2.49. The summed E-state index contributed by atoms with van der Waals surface area (Å²) in [7, 11) is 1.62. The molecule has 0 aliphatic rings. The molecule has 0 bridgehead atoms. The van der Waals surface area contributed by atoms with Gasteiger partial charge in [-0.1, -0.05) is 11.8 Å². The Bertz CT molecular complexity index is 837. The van der Waals surface area contributed by atoms with E-state index in [2.05, 4.69) is 4.98 Å². The molecule has 1 atom stereocenters. The molecule has 0 aliphatic carbocycles. The number of aliphatic hydroxyl groups excluding tert-OH is 1. The third kappa shape index (κ3) is 4.16. The van der Waals surface area contributed by atoms with Crippen LogP contribution in [0.15, 0.2) is 14.7 Å². The molecule has 2 aromatic rings.